The van der Waals surface area contributed by atoms with E-state index >= 15 is 0 Å². The number of ether oxygens (including phenoxy) is 2. The molecule has 0 aliphatic carbocycles. The first-order chi connectivity index (χ1) is 19.3. The highest BCUT2D eigenvalue weighted by Gasteiger charge is 2.39. The standard InChI is InChI=1S/C26H29N6O7P/c1-17(26(34)36-13-18-8-4-2-5-9-18)31-40(35,39-19-10-6-3-7-11-19)37-14-21-20(33)12-22(38-21)32-16-30-23-24(27)28-15-29-25(23)32/h2-11,15-17,20-22,33H,12-14H2,1H3,(H,31,35)(H2,27,28,29)/t17-,20+,21?,22+,40?/m0/s1. The molecule has 1 fully saturated rings. The van der Waals surface area contributed by atoms with Crippen LogP contribution in [-0.2, 0) is 30.0 Å². The van der Waals surface area contributed by atoms with E-state index in [1.807, 2.05) is 30.3 Å². The zero-order valence-corrected chi connectivity index (χ0v) is 22.5. The lowest BCUT2D eigenvalue weighted by Gasteiger charge is -2.24. The maximum atomic E-state index is 13.8. The summed E-state index contributed by atoms with van der Waals surface area (Å²) in [6, 6.07) is 16.5. The molecule has 210 valence electrons. The Morgan fingerprint density at radius 2 is 1.90 bits per heavy atom. The van der Waals surface area contributed by atoms with Crippen LogP contribution in [0, 0.1) is 0 Å². The minimum Gasteiger partial charge on any atom is -0.460 e. The van der Waals surface area contributed by atoms with Crippen molar-refractivity contribution < 1.29 is 33.0 Å². The zero-order chi connectivity index (χ0) is 28.1. The molecule has 14 heteroatoms. The number of hydrogen-bond donors (Lipinski definition) is 3. The van der Waals surface area contributed by atoms with E-state index in [1.54, 1.807) is 34.9 Å². The van der Waals surface area contributed by atoms with Crippen LogP contribution in [0.15, 0.2) is 73.3 Å². The van der Waals surface area contributed by atoms with Crippen molar-refractivity contribution in [2.75, 3.05) is 12.3 Å². The highest BCUT2D eigenvalue weighted by atomic mass is 31.2. The van der Waals surface area contributed by atoms with Gasteiger partial charge in [-0.1, -0.05) is 48.5 Å². The van der Waals surface area contributed by atoms with Gasteiger partial charge in [0.1, 0.15) is 42.6 Å². The lowest BCUT2D eigenvalue weighted by Crippen LogP contribution is -2.36. The average Bonchev–Trinajstić information content (AvgIpc) is 3.55. The Morgan fingerprint density at radius 3 is 2.65 bits per heavy atom. The smallest absolute Gasteiger partial charge is 0.459 e. The zero-order valence-electron chi connectivity index (χ0n) is 21.6. The Balaban J connectivity index is 1.25. The van der Waals surface area contributed by atoms with Gasteiger partial charge in [-0.2, -0.15) is 5.09 Å². The highest BCUT2D eigenvalue weighted by molar-refractivity contribution is 7.52. The number of rotatable bonds is 11. The fraction of sp³-hybridized carbons (Fsp3) is 0.308. The molecule has 2 unspecified atom stereocenters. The molecule has 40 heavy (non-hydrogen) atoms. The molecule has 2 aromatic heterocycles. The van der Waals surface area contributed by atoms with Crippen LogP contribution in [-0.4, -0.2) is 55.5 Å². The number of nitrogens with two attached hydrogens (primary N) is 1. The van der Waals surface area contributed by atoms with Crippen LogP contribution in [0.4, 0.5) is 5.82 Å². The molecule has 2 aromatic carbocycles. The molecular formula is C26H29N6O7P. The fourth-order valence-corrected chi connectivity index (χ4v) is 5.64. The van der Waals surface area contributed by atoms with E-state index in [1.165, 1.54) is 19.6 Å². The molecule has 4 N–H and O–H groups in total. The van der Waals surface area contributed by atoms with E-state index in [4.69, 9.17) is 24.3 Å². The van der Waals surface area contributed by atoms with Gasteiger partial charge in [0.15, 0.2) is 11.5 Å². The molecule has 1 aliphatic rings. The highest BCUT2D eigenvalue weighted by Crippen LogP contribution is 2.46. The number of aliphatic hydroxyl groups excluding tert-OH is 1. The summed E-state index contributed by atoms with van der Waals surface area (Å²) < 4.78 is 38.2. The molecule has 4 aromatic rings. The van der Waals surface area contributed by atoms with Gasteiger partial charge in [-0.05, 0) is 24.6 Å². The maximum absolute atomic E-state index is 13.8. The summed E-state index contributed by atoms with van der Waals surface area (Å²) in [5, 5.41) is 13.3. The number of esters is 1. The summed E-state index contributed by atoms with van der Waals surface area (Å²) in [5.74, 6) is -0.158. The molecule has 0 spiro atoms. The van der Waals surface area contributed by atoms with Gasteiger partial charge in [0.05, 0.1) is 19.0 Å². The van der Waals surface area contributed by atoms with E-state index in [-0.39, 0.29) is 31.2 Å². The topological polar surface area (TPSA) is 173 Å². The molecule has 0 radical (unpaired) electrons. The van der Waals surface area contributed by atoms with Gasteiger partial charge in [0.2, 0.25) is 0 Å². The van der Waals surface area contributed by atoms with Gasteiger partial charge < -0.3 is 24.8 Å². The Kier molecular flexibility index (Phi) is 8.38. The van der Waals surface area contributed by atoms with Crippen molar-refractivity contribution in [2.24, 2.45) is 0 Å². The predicted octanol–water partition coefficient (Wildman–Crippen LogP) is 2.98. The van der Waals surface area contributed by atoms with Gasteiger partial charge in [-0.25, -0.2) is 19.5 Å². The minimum absolute atomic E-state index is 0.0550. The summed E-state index contributed by atoms with van der Waals surface area (Å²) in [4.78, 5) is 25.0. The number of carbonyl (C=O) groups excluding carboxylic acids is 1. The maximum Gasteiger partial charge on any atom is 0.459 e. The van der Waals surface area contributed by atoms with E-state index in [2.05, 4.69) is 20.0 Å². The third kappa shape index (κ3) is 6.46. The van der Waals surface area contributed by atoms with Gasteiger partial charge in [-0.15, -0.1) is 0 Å². The van der Waals surface area contributed by atoms with Crippen molar-refractivity contribution in [1.82, 2.24) is 24.6 Å². The van der Waals surface area contributed by atoms with Gasteiger partial charge in [0.25, 0.3) is 0 Å². The van der Waals surface area contributed by atoms with E-state index in [0.717, 1.165) is 5.56 Å². The van der Waals surface area contributed by atoms with Gasteiger partial charge in [0, 0.05) is 6.42 Å². The Bertz CT molecular complexity index is 1490. The van der Waals surface area contributed by atoms with E-state index < -0.39 is 38.2 Å². The molecule has 1 aliphatic heterocycles. The van der Waals surface area contributed by atoms with Crippen LogP contribution in [0.1, 0.15) is 25.1 Å². The number of anilines is 1. The summed E-state index contributed by atoms with van der Waals surface area (Å²) in [6.45, 7) is 1.25. The first-order valence-corrected chi connectivity index (χ1v) is 14.1. The number of imidazole rings is 1. The van der Waals surface area contributed by atoms with Crippen LogP contribution in [0.5, 0.6) is 5.75 Å². The van der Waals surface area contributed by atoms with Crippen molar-refractivity contribution in [2.45, 2.75) is 44.4 Å². The van der Waals surface area contributed by atoms with Gasteiger partial charge in [-0.3, -0.25) is 13.9 Å². The fourth-order valence-electron chi connectivity index (χ4n) is 4.14. The Morgan fingerprint density at radius 1 is 1.18 bits per heavy atom. The number of carbonyl (C=O) groups is 1. The number of nitrogens with zero attached hydrogens (tertiary/aromatic N) is 4. The van der Waals surface area contributed by atoms with Crippen molar-refractivity contribution in [3.05, 3.63) is 78.9 Å². The number of hydrogen-bond acceptors (Lipinski definition) is 11. The summed E-state index contributed by atoms with van der Waals surface area (Å²) in [5.41, 5.74) is 7.55. The van der Waals surface area contributed by atoms with Crippen molar-refractivity contribution in [1.29, 1.82) is 0 Å². The van der Waals surface area contributed by atoms with Crippen molar-refractivity contribution in [3.63, 3.8) is 0 Å². The second kappa shape index (κ2) is 12.1. The van der Waals surface area contributed by atoms with Crippen LogP contribution >= 0.6 is 7.75 Å². The van der Waals surface area contributed by atoms with Crippen molar-refractivity contribution in [3.8, 4) is 5.75 Å². The molecule has 3 heterocycles. The summed E-state index contributed by atoms with van der Waals surface area (Å²) in [7, 11) is -4.15. The number of nitrogen functional groups attached to an aromatic ring is 1. The Hall–Kier alpha value is -3.87. The van der Waals surface area contributed by atoms with E-state index in [9.17, 15) is 14.5 Å². The first kappa shape index (κ1) is 27.7. The number of aromatic nitrogens is 4. The second-order valence-electron chi connectivity index (χ2n) is 9.16. The minimum atomic E-state index is -4.15. The normalized spacial score (nSPS) is 21.1. The summed E-state index contributed by atoms with van der Waals surface area (Å²) >= 11 is 0. The molecular weight excluding hydrogens is 539 g/mol. The molecule has 1 saturated heterocycles. The molecule has 5 atom stereocenters. The number of benzene rings is 2. The number of nitrogens with one attached hydrogen (secondary N) is 1. The molecule has 13 nitrogen and oxygen atoms in total. The number of aliphatic hydroxyl groups is 1. The monoisotopic (exact) mass is 568 g/mol. The molecule has 0 amide bonds. The van der Waals surface area contributed by atoms with Crippen molar-refractivity contribution >= 4 is 30.7 Å². The molecule has 0 saturated carbocycles. The Labute approximate surface area is 229 Å². The third-order valence-corrected chi connectivity index (χ3v) is 7.85. The largest absolute Gasteiger partial charge is 0.460 e. The average molecular weight is 569 g/mol. The quantitative estimate of drug-likeness (QED) is 0.179. The SMILES string of the molecule is C[C@H](NP(=O)(OCC1O[C@@H](n2cnc3c(N)ncnc32)C[C@H]1O)Oc1ccccc1)C(=O)OCc1ccccc1. The second-order valence-corrected chi connectivity index (χ2v) is 10.9. The first-order valence-electron chi connectivity index (χ1n) is 12.6. The molecule has 0 bridgehead atoms. The van der Waals surface area contributed by atoms with Crippen LogP contribution in [0.25, 0.3) is 11.2 Å². The number of para-hydroxylation sites is 1. The van der Waals surface area contributed by atoms with Crippen LogP contribution in [0.3, 0.4) is 0 Å². The van der Waals surface area contributed by atoms with E-state index in [0.29, 0.717) is 11.2 Å². The number of fused-ring (bicyclic) bond motifs is 1. The summed E-state index contributed by atoms with van der Waals surface area (Å²) in [6.07, 6.45) is 0.567. The predicted molar refractivity (Wildman–Crippen MR) is 144 cm³/mol. The lowest BCUT2D eigenvalue weighted by atomic mass is 10.2. The van der Waals surface area contributed by atoms with Crippen LogP contribution < -0.4 is 15.3 Å². The van der Waals surface area contributed by atoms with Crippen LogP contribution in [0.2, 0.25) is 0 Å². The molecule has 5 rings (SSSR count). The third-order valence-electron chi connectivity index (χ3n) is 6.21. The van der Waals surface area contributed by atoms with Gasteiger partial charge >= 0.3 is 13.7 Å². The lowest BCUT2D eigenvalue weighted by molar-refractivity contribution is -0.146.